The molecule has 23 heavy (non-hydrogen) atoms. The maximum atomic E-state index is 11.9. The largest absolute Gasteiger partial charge is 0.457 e. The predicted molar refractivity (Wildman–Crippen MR) is 83.4 cm³/mol. The Bertz CT molecular complexity index is 777. The molecule has 0 N–H and O–H groups in total. The van der Waals surface area contributed by atoms with Crippen molar-refractivity contribution in [3.8, 4) is 11.3 Å². The minimum absolute atomic E-state index is 0.207. The summed E-state index contributed by atoms with van der Waals surface area (Å²) in [6, 6.07) is 10.5. The fourth-order valence-corrected chi connectivity index (χ4v) is 2.25. The van der Waals surface area contributed by atoms with Crippen LogP contribution in [0.5, 0.6) is 0 Å². The predicted octanol–water partition coefficient (Wildman–Crippen LogP) is 3.82. The number of hydrogen-bond donors (Lipinski definition) is 0. The summed E-state index contributed by atoms with van der Waals surface area (Å²) in [7, 11) is 0. The summed E-state index contributed by atoms with van der Waals surface area (Å²) in [4.78, 5) is 23.8. The summed E-state index contributed by atoms with van der Waals surface area (Å²) in [5.41, 5.74) is 0.621. The zero-order valence-corrected chi connectivity index (χ0v) is 13.2. The van der Waals surface area contributed by atoms with Crippen LogP contribution in [0, 0.1) is 0 Å². The van der Waals surface area contributed by atoms with Crippen LogP contribution in [0.25, 0.3) is 17.4 Å². The molecule has 0 spiro atoms. The van der Waals surface area contributed by atoms with E-state index in [1.54, 1.807) is 24.3 Å². The third kappa shape index (κ3) is 3.29. The fourth-order valence-electron chi connectivity index (χ4n) is 2.12. The number of halogens is 1. The maximum absolute atomic E-state index is 11.9. The number of furan rings is 1. The Hall–Kier alpha value is -2.53. The van der Waals surface area contributed by atoms with Gasteiger partial charge in [0.1, 0.15) is 17.1 Å². The minimum atomic E-state index is -1.26. The van der Waals surface area contributed by atoms with E-state index in [2.05, 4.69) is 0 Å². The molecule has 1 fully saturated rings. The van der Waals surface area contributed by atoms with Crippen LogP contribution < -0.4 is 0 Å². The Balaban J connectivity index is 1.87. The molecular weight excluding hydrogens is 320 g/mol. The van der Waals surface area contributed by atoms with E-state index >= 15 is 0 Å². The molecule has 1 aliphatic rings. The molecule has 1 aromatic heterocycles. The van der Waals surface area contributed by atoms with Crippen molar-refractivity contribution in [3.05, 3.63) is 52.8 Å². The van der Waals surface area contributed by atoms with Gasteiger partial charge in [-0.15, -0.1) is 0 Å². The minimum Gasteiger partial charge on any atom is -0.457 e. The first-order valence-corrected chi connectivity index (χ1v) is 7.26. The van der Waals surface area contributed by atoms with Gasteiger partial charge in [0.05, 0.1) is 0 Å². The molecule has 5 nitrogen and oxygen atoms in total. The SMILES string of the molecule is CC1(C)OC(=O)C(=Cc2ccc(-c3ccc(Cl)cc3)o2)C(=O)O1. The standard InChI is InChI=1S/C17H13ClO5/c1-17(2)22-15(19)13(16(20)23-17)9-12-7-8-14(21-12)10-3-5-11(18)6-4-10/h3-9H,1-2H3. The lowest BCUT2D eigenvalue weighted by atomic mass is 10.2. The summed E-state index contributed by atoms with van der Waals surface area (Å²) in [6.45, 7) is 2.98. The zero-order valence-electron chi connectivity index (χ0n) is 12.5. The molecule has 0 aliphatic carbocycles. The van der Waals surface area contributed by atoms with Gasteiger partial charge in [-0.3, -0.25) is 0 Å². The topological polar surface area (TPSA) is 65.7 Å². The van der Waals surface area contributed by atoms with Crippen molar-refractivity contribution < 1.29 is 23.5 Å². The fraction of sp³-hybridized carbons (Fsp3) is 0.176. The molecule has 0 saturated carbocycles. The first-order chi connectivity index (χ1) is 10.8. The molecule has 118 valence electrons. The van der Waals surface area contributed by atoms with Crippen LogP contribution >= 0.6 is 11.6 Å². The van der Waals surface area contributed by atoms with E-state index in [-0.39, 0.29) is 5.57 Å². The summed E-state index contributed by atoms with van der Waals surface area (Å²) in [5, 5.41) is 0.623. The van der Waals surface area contributed by atoms with Crippen molar-refractivity contribution in [1.82, 2.24) is 0 Å². The summed E-state index contributed by atoms with van der Waals surface area (Å²) < 4.78 is 15.7. The molecule has 2 heterocycles. The Morgan fingerprint density at radius 3 is 2.17 bits per heavy atom. The van der Waals surface area contributed by atoms with E-state index in [0.717, 1.165) is 5.56 Å². The van der Waals surface area contributed by atoms with Gasteiger partial charge in [-0.1, -0.05) is 11.6 Å². The van der Waals surface area contributed by atoms with Gasteiger partial charge < -0.3 is 13.9 Å². The molecule has 0 amide bonds. The van der Waals surface area contributed by atoms with Crippen LogP contribution in [0.4, 0.5) is 0 Å². The first kappa shape index (κ1) is 15.4. The van der Waals surface area contributed by atoms with Crippen LogP contribution in [0.2, 0.25) is 5.02 Å². The lowest BCUT2D eigenvalue weighted by Crippen LogP contribution is -2.41. The number of benzene rings is 1. The third-order valence-electron chi connectivity index (χ3n) is 3.16. The number of cyclic esters (lactones) is 2. The van der Waals surface area contributed by atoms with Gasteiger partial charge >= 0.3 is 11.9 Å². The van der Waals surface area contributed by atoms with Crippen LogP contribution in [0.3, 0.4) is 0 Å². The van der Waals surface area contributed by atoms with Gasteiger partial charge in [0.15, 0.2) is 0 Å². The van der Waals surface area contributed by atoms with Crippen molar-refractivity contribution >= 4 is 29.6 Å². The van der Waals surface area contributed by atoms with Gasteiger partial charge in [0.2, 0.25) is 0 Å². The number of carbonyl (C=O) groups excluding carboxylic acids is 2. The van der Waals surface area contributed by atoms with E-state index in [1.807, 2.05) is 12.1 Å². The normalized spacial score (nSPS) is 16.7. The van der Waals surface area contributed by atoms with Crippen molar-refractivity contribution in [2.24, 2.45) is 0 Å². The molecule has 1 aliphatic heterocycles. The van der Waals surface area contributed by atoms with Crippen molar-refractivity contribution in [1.29, 1.82) is 0 Å². The maximum Gasteiger partial charge on any atom is 0.348 e. The Labute approximate surface area is 137 Å². The quantitative estimate of drug-likeness (QED) is 0.475. The number of ether oxygens (including phenoxy) is 2. The summed E-state index contributed by atoms with van der Waals surface area (Å²) in [6.07, 6.45) is 1.30. The second-order valence-electron chi connectivity index (χ2n) is 5.45. The van der Waals surface area contributed by atoms with Crippen molar-refractivity contribution in [3.63, 3.8) is 0 Å². The van der Waals surface area contributed by atoms with E-state index in [4.69, 9.17) is 25.5 Å². The van der Waals surface area contributed by atoms with Crippen molar-refractivity contribution in [2.75, 3.05) is 0 Å². The second-order valence-corrected chi connectivity index (χ2v) is 5.88. The third-order valence-corrected chi connectivity index (χ3v) is 3.41. The van der Waals surface area contributed by atoms with E-state index in [0.29, 0.717) is 16.5 Å². The summed E-state index contributed by atoms with van der Waals surface area (Å²) in [5.74, 6) is -1.81. The summed E-state index contributed by atoms with van der Waals surface area (Å²) >= 11 is 5.85. The molecule has 3 rings (SSSR count). The van der Waals surface area contributed by atoms with Gasteiger partial charge in [0.25, 0.3) is 5.79 Å². The molecule has 0 bridgehead atoms. The van der Waals surface area contributed by atoms with E-state index in [9.17, 15) is 9.59 Å². The first-order valence-electron chi connectivity index (χ1n) is 6.88. The smallest absolute Gasteiger partial charge is 0.348 e. The lowest BCUT2D eigenvalue weighted by molar-refractivity contribution is -0.222. The molecule has 0 unspecified atom stereocenters. The van der Waals surface area contributed by atoms with E-state index < -0.39 is 17.7 Å². The van der Waals surface area contributed by atoms with Gasteiger partial charge in [-0.2, -0.15) is 0 Å². The molecule has 2 aromatic rings. The highest BCUT2D eigenvalue weighted by atomic mass is 35.5. The number of esters is 2. The lowest BCUT2D eigenvalue weighted by Gasteiger charge is -2.29. The molecule has 6 heteroatoms. The van der Waals surface area contributed by atoms with Gasteiger partial charge in [-0.25, -0.2) is 9.59 Å². The molecular formula is C17H13ClO5. The highest BCUT2D eigenvalue weighted by molar-refractivity contribution is 6.30. The van der Waals surface area contributed by atoms with Gasteiger partial charge in [-0.05, 0) is 36.4 Å². The highest BCUT2D eigenvalue weighted by Gasteiger charge is 2.39. The molecule has 0 atom stereocenters. The zero-order chi connectivity index (χ0) is 16.6. The second kappa shape index (κ2) is 5.59. The van der Waals surface area contributed by atoms with Crippen LogP contribution in [0.1, 0.15) is 19.6 Å². The average molecular weight is 333 g/mol. The van der Waals surface area contributed by atoms with Crippen molar-refractivity contribution in [2.45, 2.75) is 19.6 Å². The Kier molecular flexibility index (Phi) is 3.74. The highest BCUT2D eigenvalue weighted by Crippen LogP contribution is 2.27. The molecule has 1 saturated heterocycles. The number of hydrogen-bond acceptors (Lipinski definition) is 5. The molecule has 1 aromatic carbocycles. The van der Waals surface area contributed by atoms with Gasteiger partial charge in [0, 0.05) is 30.5 Å². The average Bonchev–Trinajstić information content (AvgIpc) is 2.91. The van der Waals surface area contributed by atoms with Crippen LogP contribution in [-0.4, -0.2) is 17.7 Å². The monoisotopic (exact) mass is 332 g/mol. The number of carbonyl (C=O) groups is 2. The van der Waals surface area contributed by atoms with E-state index in [1.165, 1.54) is 19.9 Å². The molecule has 0 radical (unpaired) electrons. The Morgan fingerprint density at radius 1 is 0.957 bits per heavy atom. The van der Waals surface area contributed by atoms with Crippen LogP contribution in [0.15, 0.2) is 46.4 Å². The number of rotatable bonds is 2. The van der Waals surface area contributed by atoms with Crippen LogP contribution in [-0.2, 0) is 19.1 Å². The Morgan fingerprint density at radius 2 is 1.57 bits per heavy atom.